The predicted molar refractivity (Wildman–Crippen MR) is 137 cm³/mol. The van der Waals surface area contributed by atoms with Crippen LogP contribution in [0.2, 0.25) is 0 Å². The van der Waals surface area contributed by atoms with Crippen molar-refractivity contribution in [2.75, 3.05) is 13.2 Å². The molecule has 2 aromatic rings. The van der Waals surface area contributed by atoms with Crippen LogP contribution in [0.5, 0.6) is 0 Å². The second kappa shape index (κ2) is 11.7. The molecular weight excluding hydrogens is 498 g/mol. The summed E-state index contributed by atoms with van der Waals surface area (Å²) in [6.07, 6.45) is -1.91. The number of nitrogens with one attached hydrogen (secondary N) is 2. The molecule has 0 bridgehead atoms. The first-order valence-corrected chi connectivity index (χ1v) is 12.7. The summed E-state index contributed by atoms with van der Waals surface area (Å²) in [7, 11) is 0. The number of likely N-dealkylation sites (tertiary alicyclic amines) is 1. The minimum absolute atomic E-state index is 0.0416. The minimum Gasteiger partial charge on any atom is -0.440 e. The number of nitrogens with two attached hydrogens (primary N) is 1. The van der Waals surface area contributed by atoms with E-state index in [1.54, 1.807) is 37.6 Å². The van der Waals surface area contributed by atoms with Gasteiger partial charge < -0.3 is 31.1 Å². The second-order valence-corrected chi connectivity index (χ2v) is 10.9. The van der Waals surface area contributed by atoms with Crippen LogP contribution in [0.25, 0.3) is 10.4 Å². The number of β-amino-alcohol motifs (C(OH)–C–C–N with tert-alkyl or cyclic N) is 1. The molecule has 11 nitrogen and oxygen atoms in total. The lowest BCUT2D eigenvalue weighted by molar-refractivity contribution is -0.144. The standard InChI is InChI=1S/C25H33N5O6S/c1-14-20(37-13-28-14)16-7-5-15(6-8-16)10-27-22(33)18-9-17(31)11-30(18)23(34)21(25(2,3)4)29-19(32)12-36-24(26)35/h5-8,13,17-18,21,31H,9-12H2,1-4H3,(H2,26,35)(H,27,33)(H,29,32)/t17-,18+,21?/m1/s1. The van der Waals surface area contributed by atoms with Gasteiger partial charge in [0.15, 0.2) is 6.61 Å². The molecule has 1 saturated heterocycles. The lowest BCUT2D eigenvalue weighted by Crippen LogP contribution is -2.58. The Morgan fingerprint density at radius 3 is 2.49 bits per heavy atom. The summed E-state index contributed by atoms with van der Waals surface area (Å²) < 4.78 is 4.50. The summed E-state index contributed by atoms with van der Waals surface area (Å²) >= 11 is 1.56. The number of nitrogens with zero attached hydrogens (tertiary/aromatic N) is 2. The van der Waals surface area contributed by atoms with Crippen molar-refractivity contribution < 1.29 is 29.0 Å². The third kappa shape index (κ3) is 7.26. The van der Waals surface area contributed by atoms with Gasteiger partial charge in [-0.05, 0) is 23.5 Å². The number of hydrogen-bond acceptors (Lipinski definition) is 8. The quantitative estimate of drug-likeness (QED) is 0.399. The Morgan fingerprint density at radius 2 is 1.92 bits per heavy atom. The van der Waals surface area contributed by atoms with E-state index in [9.17, 15) is 24.3 Å². The van der Waals surface area contributed by atoms with Gasteiger partial charge in [-0.3, -0.25) is 14.4 Å². The third-order valence-electron chi connectivity index (χ3n) is 6.06. The number of thiazole rings is 1. The lowest BCUT2D eigenvalue weighted by Gasteiger charge is -2.35. The first-order valence-electron chi connectivity index (χ1n) is 11.8. The van der Waals surface area contributed by atoms with Gasteiger partial charge in [-0.25, -0.2) is 9.78 Å². The first-order chi connectivity index (χ1) is 17.4. The lowest BCUT2D eigenvalue weighted by atomic mass is 9.85. The summed E-state index contributed by atoms with van der Waals surface area (Å²) in [6.45, 7) is 6.79. The number of aryl methyl sites for hydroxylation is 1. The number of aromatic nitrogens is 1. The second-order valence-electron chi connectivity index (χ2n) is 10.1. The fraction of sp³-hybridized carbons (Fsp3) is 0.480. The van der Waals surface area contributed by atoms with Gasteiger partial charge in [0.05, 0.1) is 22.2 Å². The number of aliphatic hydroxyl groups is 1. The number of carbonyl (C=O) groups is 4. The molecule has 1 aromatic heterocycles. The average molecular weight is 532 g/mol. The van der Waals surface area contributed by atoms with Crippen molar-refractivity contribution >= 4 is 35.2 Å². The minimum atomic E-state index is -1.11. The van der Waals surface area contributed by atoms with Crippen LogP contribution in [0.15, 0.2) is 29.8 Å². The Labute approximate surface area is 219 Å². The van der Waals surface area contributed by atoms with Gasteiger partial charge in [0, 0.05) is 19.5 Å². The fourth-order valence-corrected chi connectivity index (χ4v) is 4.93. The monoisotopic (exact) mass is 531 g/mol. The highest BCUT2D eigenvalue weighted by Gasteiger charge is 2.44. The van der Waals surface area contributed by atoms with E-state index in [0.717, 1.165) is 21.7 Å². The maximum atomic E-state index is 13.5. The molecule has 5 N–H and O–H groups in total. The van der Waals surface area contributed by atoms with Crippen molar-refractivity contribution in [3.63, 3.8) is 0 Å². The van der Waals surface area contributed by atoms with E-state index in [-0.39, 0.29) is 19.5 Å². The van der Waals surface area contributed by atoms with Crippen LogP contribution in [-0.4, -0.2) is 70.1 Å². The van der Waals surface area contributed by atoms with Crippen LogP contribution in [0.3, 0.4) is 0 Å². The molecule has 4 amide bonds. The Hall–Kier alpha value is -3.51. The predicted octanol–water partition coefficient (Wildman–Crippen LogP) is 1.32. The van der Waals surface area contributed by atoms with Crippen LogP contribution in [0, 0.1) is 12.3 Å². The molecule has 0 saturated carbocycles. The van der Waals surface area contributed by atoms with Crippen LogP contribution in [-0.2, 0) is 25.7 Å². The van der Waals surface area contributed by atoms with Gasteiger partial charge in [0.1, 0.15) is 12.1 Å². The number of amides is 4. The van der Waals surface area contributed by atoms with Gasteiger partial charge in [-0.15, -0.1) is 11.3 Å². The third-order valence-corrected chi connectivity index (χ3v) is 7.03. The fourth-order valence-electron chi connectivity index (χ4n) is 4.12. The number of rotatable bonds is 8. The molecule has 1 aliphatic heterocycles. The molecule has 3 atom stereocenters. The van der Waals surface area contributed by atoms with E-state index in [1.165, 1.54) is 4.90 Å². The highest BCUT2D eigenvalue weighted by molar-refractivity contribution is 7.13. The molecule has 0 radical (unpaired) electrons. The van der Waals surface area contributed by atoms with Crippen molar-refractivity contribution in [3.8, 4) is 10.4 Å². The number of hydrogen-bond donors (Lipinski definition) is 4. The molecule has 2 heterocycles. The Kier molecular flexibility index (Phi) is 8.87. The van der Waals surface area contributed by atoms with E-state index in [1.807, 2.05) is 31.2 Å². The summed E-state index contributed by atoms with van der Waals surface area (Å²) in [6, 6.07) is 5.84. The van der Waals surface area contributed by atoms with E-state index >= 15 is 0 Å². The summed E-state index contributed by atoms with van der Waals surface area (Å²) in [4.78, 5) is 56.2. The molecule has 1 fully saturated rings. The van der Waals surface area contributed by atoms with Gasteiger partial charge in [0.2, 0.25) is 11.8 Å². The summed E-state index contributed by atoms with van der Waals surface area (Å²) in [5.74, 6) is -1.62. The molecule has 1 aromatic carbocycles. The highest BCUT2D eigenvalue weighted by atomic mass is 32.1. The Morgan fingerprint density at radius 1 is 1.24 bits per heavy atom. The molecule has 37 heavy (non-hydrogen) atoms. The number of primary amides is 1. The zero-order valence-corrected chi connectivity index (χ0v) is 22.1. The van der Waals surface area contributed by atoms with Gasteiger partial charge in [-0.1, -0.05) is 45.0 Å². The van der Waals surface area contributed by atoms with Gasteiger partial charge in [-0.2, -0.15) is 0 Å². The normalized spacial score (nSPS) is 18.2. The summed E-state index contributed by atoms with van der Waals surface area (Å²) in [5.41, 5.74) is 8.85. The van der Waals surface area contributed by atoms with Crippen molar-refractivity contribution in [2.24, 2.45) is 11.1 Å². The molecule has 0 spiro atoms. The Bertz CT molecular complexity index is 1140. The number of ether oxygens (including phenoxy) is 1. The van der Waals surface area contributed by atoms with E-state index in [4.69, 9.17) is 5.73 Å². The SMILES string of the molecule is Cc1ncsc1-c1ccc(CNC(=O)[C@@H]2C[C@@H](O)CN2C(=O)C(NC(=O)COC(N)=O)C(C)(C)C)cc1. The molecule has 0 aliphatic carbocycles. The number of carbonyl (C=O) groups excluding carboxylic acids is 4. The smallest absolute Gasteiger partial charge is 0.405 e. The molecule has 12 heteroatoms. The zero-order valence-electron chi connectivity index (χ0n) is 21.3. The van der Waals surface area contributed by atoms with Crippen molar-refractivity contribution in [1.29, 1.82) is 0 Å². The Balaban J connectivity index is 1.66. The number of benzene rings is 1. The van der Waals surface area contributed by atoms with E-state index < -0.39 is 54.0 Å². The maximum Gasteiger partial charge on any atom is 0.405 e. The number of aliphatic hydroxyl groups excluding tert-OH is 1. The molecule has 1 unspecified atom stereocenters. The van der Waals surface area contributed by atoms with Gasteiger partial charge >= 0.3 is 6.09 Å². The van der Waals surface area contributed by atoms with Crippen LogP contribution in [0.1, 0.15) is 38.4 Å². The van der Waals surface area contributed by atoms with Crippen molar-refractivity contribution in [1.82, 2.24) is 20.5 Å². The van der Waals surface area contributed by atoms with Crippen molar-refractivity contribution in [3.05, 3.63) is 41.0 Å². The highest BCUT2D eigenvalue weighted by Crippen LogP contribution is 2.28. The largest absolute Gasteiger partial charge is 0.440 e. The molecule has 3 rings (SSSR count). The molecule has 1 aliphatic rings. The maximum absolute atomic E-state index is 13.5. The van der Waals surface area contributed by atoms with Crippen LogP contribution >= 0.6 is 11.3 Å². The topological polar surface area (TPSA) is 164 Å². The van der Waals surface area contributed by atoms with Crippen LogP contribution in [0.4, 0.5) is 4.79 Å². The zero-order chi connectivity index (χ0) is 27.3. The van der Waals surface area contributed by atoms with Crippen LogP contribution < -0.4 is 16.4 Å². The van der Waals surface area contributed by atoms with E-state index in [0.29, 0.717) is 0 Å². The van der Waals surface area contributed by atoms with Gasteiger partial charge in [0.25, 0.3) is 5.91 Å². The molecular formula is C25H33N5O6S. The molecule has 200 valence electrons. The average Bonchev–Trinajstić information content (AvgIpc) is 3.44. The van der Waals surface area contributed by atoms with E-state index in [2.05, 4.69) is 20.4 Å². The van der Waals surface area contributed by atoms with Crippen molar-refractivity contribution in [2.45, 2.75) is 58.8 Å². The summed E-state index contributed by atoms with van der Waals surface area (Å²) in [5, 5.41) is 15.7. The first kappa shape index (κ1) is 28.1.